The highest BCUT2D eigenvalue weighted by molar-refractivity contribution is 5.84. The van der Waals surface area contributed by atoms with Crippen LogP contribution in [0.25, 0.3) is 10.8 Å². The number of hydrogen-bond donors (Lipinski definition) is 0. The summed E-state index contributed by atoms with van der Waals surface area (Å²) in [6.45, 7) is 2.05. The van der Waals surface area contributed by atoms with E-state index in [4.69, 9.17) is 4.11 Å². The first-order valence-corrected chi connectivity index (χ1v) is 7.74. The molecule has 22 heavy (non-hydrogen) atoms. The first-order chi connectivity index (χ1) is 11.7. The Kier molecular flexibility index (Phi) is 3.44. The zero-order valence-corrected chi connectivity index (χ0v) is 12.5. The molecule has 1 fully saturated rings. The summed E-state index contributed by atoms with van der Waals surface area (Å²) in [6.07, 6.45) is 0.670. The van der Waals surface area contributed by atoms with E-state index in [1.807, 2.05) is 6.92 Å². The molecule has 1 saturated carbocycles. The van der Waals surface area contributed by atoms with Crippen LogP contribution in [-0.4, -0.2) is 0 Å². The van der Waals surface area contributed by atoms with Gasteiger partial charge in [-0.1, -0.05) is 38.0 Å². The van der Waals surface area contributed by atoms with E-state index in [1.165, 1.54) is 18.2 Å². The summed E-state index contributed by atoms with van der Waals surface area (Å²) in [5.74, 6) is -4.49. The molecular weight excluding hydrogens is 285 g/mol. The van der Waals surface area contributed by atoms with Gasteiger partial charge in [-0.25, -0.2) is 13.2 Å². The second-order valence-corrected chi connectivity index (χ2v) is 5.98. The highest BCUT2D eigenvalue weighted by Crippen LogP contribution is 2.38. The predicted octanol–water partition coefficient (Wildman–Crippen LogP) is 6.33. The van der Waals surface area contributed by atoms with Gasteiger partial charge in [-0.05, 0) is 54.5 Å². The lowest BCUT2D eigenvalue weighted by Crippen LogP contribution is -2.13. The Labute approximate surface area is 133 Å². The maximum absolute atomic E-state index is 13.9. The molecule has 3 atom stereocenters. The van der Waals surface area contributed by atoms with Crippen molar-refractivity contribution in [3.63, 3.8) is 0 Å². The standard InChI is InChI=1S/C19H21F3/c1-2-3-12-4-6-13(7-5-12)14-8-9-16-15(10-14)11-17(20)19(22)18(16)21/h8-13H,2-7H2,1H3/i6D,7D2. The normalized spacial score (nSPS) is 29.8. The molecule has 3 rings (SSSR count). The van der Waals surface area contributed by atoms with Crippen molar-refractivity contribution in [1.29, 1.82) is 0 Å². The van der Waals surface area contributed by atoms with Crippen molar-refractivity contribution < 1.29 is 17.3 Å². The Morgan fingerprint density at radius 3 is 2.68 bits per heavy atom. The van der Waals surface area contributed by atoms with Crippen LogP contribution in [0.5, 0.6) is 0 Å². The molecule has 2 aromatic carbocycles. The monoisotopic (exact) mass is 309 g/mol. The van der Waals surface area contributed by atoms with E-state index < -0.39 is 36.1 Å². The van der Waals surface area contributed by atoms with Crippen LogP contribution in [0, 0.1) is 23.4 Å². The molecule has 3 heteroatoms. The summed E-state index contributed by atoms with van der Waals surface area (Å²) in [6, 6.07) is 5.30. The van der Waals surface area contributed by atoms with Crippen molar-refractivity contribution in [2.24, 2.45) is 5.92 Å². The van der Waals surface area contributed by atoms with Crippen molar-refractivity contribution >= 4 is 10.8 Å². The van der Waals surface area contributed by atoms with Gasteiger partial charge in [0.15, 0.2) is 17.5 Å². The van der Waals surface area contributed by atoms with E-state index in [0.29, 0.717) is 18.4 Å². The Hall–Kier alpha value is -1.51. The van der Waals surface area contributed by atoms with E-state index in [1.54, 1.807) is 0 Å². The van der Waals surface area contributed by atoms with E-state index >= 15 is 0 Å². The van der Waals surface area contributed by atoms with Gasteiger partial charge in [0.05, 0.1) is 0 Å². The summed E-state index contributed by atoms with van der Waals surface area (Å²) in [5, 5.41) is 0.150. The van der Waals surface area contributed by atoms with E-state index in [-0.39, 0.29) is 16.7 Å². The van der Waals surface area contributed by atoms with Crippen molar-refractivity contribution in [3.8, 4) is 0 Å². The third kappa shape index (κ3) is 2.86. The minimum absolute atomic E-state index is 0.0376. The number of benzene rings is 2. The lowest BCUT2D eigenvalue weighted by Gasteiger charge is -2.28. The van der Waals surface area contributed by atoms with Crippen molar-refractivity contribution in [3.05, 3.63) is 47.3 Å². The van der Waals surface area contributed by atoms with Gasteiger partial charge in [-0.3, -0.25) is 0 Å². The number of hydrogen-bond acceptors (Lipinski definition) is 0. The van der Waals surface area contributed by atoms with Gasteiger partial charge in [-0.15, -0.1) is 0 Å². The predicted molar refractivity (Wildman–Crippen MR) is 83.4 cm³/mol. The van der Waals surface area contributed by atoms with Gasteiger partial charge in [0, 0.05) is 9.50 Å². The molecule has 0 radical (unpaired) electrons. The molecule has 0 spiro atoms. The third-order valence-corrected chi connectivity index (χ3v) is 4.38. The van der Waals surface area contributed by atoms with Crippen LogP contribution in [0.15, 0.2) is 24.3 Å². The number of rotatable bonds is 3. The van der Waals surface area contributed by atoms with E-state index in [2.05, 4.69) is 0 Å². The van der Waals surface area contributed by atoms with Crippen LogP contribution in [0.1, 0.15) is 61.0 Å². The molecule has 2 aromatic rings. The van der Waals surface area contributed by atoms with Crippen LogP contribution >= 0.6 is 0 Å². The fourth-order valence-electron chi connectivity index (χ4n) is 3.19. The summed E-state index contributed by atoms with van der Waals surface area (Å²) < 4.78 is 66.0. The van der Waals surface area contributed by atoms with Gasteiger partial charge in [-0.2, -0.15) is 0 Å². The minimum Gasteiger partial charge on any atom is -0.204 e. The maximum atomic E-state index is 13.9. The highest BCUT2D eigenvalue weighted by Gasteiger charge is 2.22. The fourth-order valence-corrected chi connectivity index (χ4v) is 3.19. The Morgan fingerprint density at radius 2 is 1.95 bits per heavy atom. The second kappa shape index (κ2) is 6.31. The average Bonchev–Trinajstić information content (AvgIpc) is 2.51. The molecule has 3 unspecified atom stereocenters. The quantitative estimate of drug-likeness (QED) is 0.581. The maximum Gasteiger partial charge on any atom is 0.195 e. The fraction of sp³-hybridized carbons (Fsp3) is 0.474. The molecule has 0 saturated heterocycles. The molecule has 0 nitrogen and oxygen atoms in total. The van der Waals surface area contributed by atoms with Crippen molar-refractivity contribution in [2.45, 2.75) is 51.3 Å². The Balaban J connectivity index is 2.02. The SMILES string of the molecule is [2H]C1CC(CCC)CC([2H])([2H])C1c1ccc2c(F)c(F)c(F)cc2c1. The summed E-state index contributed by atoms with van der Waals surface area (Å²) >= 11 is 0. The van der Waals surface area contributed by atoms with Gasteiger partial charge in [0.25, 0.3) is 0 Å². The summed E-state index contributed by atoms with van der Waals surface area (Å²) in [7, 11) is 0. The smallest absolute Gasteiger partial charge is 0.195 e. The van der Waals surface area contributed by atoms with E-state index in [9.17, 15) is 13.2 Å². The van der Waals surface area contributed by atoms with Gasteiger partial charge < -0.3 is 0 Å². The second-order valence-electron chi connectivity index (χ2n) is 5.98. The molecule has 1 aliphatic rings. The largest absolute Gasteiger partial charge is 0.204 e. The van der Waals surface area contributed by atoms with Crippen LogP contribution in [0.3, 0.4) is 0 Å². The molecule has 0 heterocycles. The molecule has 1 aliphatic carbocycles. The minimum atomic E-state index is -1.56. The zero-order chi connectivity index (χ0) is 18.4. The molecular formula is C19H21F3. The van der Waals surface area contributed by atoms with Crippen LogP contribution < -0.4 is 0 Å². The molecule has 0 aromatic heterocycles. The van der Waals surface area contributed by atoms with E-state index in [0.717, 1.165) is 18.9 Å². The van der Waals surface area contributed by atoms with Gasteiger partial charge in [0.1, 0.15) is 0 Å². The molecule has 0 N–H and O–H groups in total. The third-order valence-electron chi connectivity index (χ3n) is 4.38. The summed E-state index contributed by atoms with van der Waals surface area (Å²) in [4.78, 5) is 0. The van der Waals surface area contributed by atoms with Crippen LogP contribution in [-0.2, 0) is 0 Å². The van der Waals surface area contributed by atoms with Gasteiger partial charge >= 0.3 is 0 Å². The zero-order valence-electron chi connectivity index (χ0n) is 15.5. The molecule has 118 valence electrons. The van der Waals surface area contributed by atoms with Crippen molar-refractivity contribution in [1.82, 2.24) is 0 Å². The lowest BCUT2D eigenvalue weighted by molar-refractivity contribution is 0.308. The van der Waals surface area contributed by atoms with Gasteiger partial charge in [0.2, 0.25) is 0 Å². The molecule has 0 aliphatic heterocycles. The van der Waals surface area contributed by atoms with Crippen LogP contribution in [0.4, 0.5) is 13.2 Å². The molecule has 0 amide bonds. The number of halogens is 3. The Bertz CT molecular complexity index is 791. The number of fused-ring (bicyclic) bond motifs is 1. The highest BCUT2D eigenvalue weighted by atomic mass is 19.2. The van der Waals surface area contributed by atoms with Crippen LogP contribution in [0.2, 0.25) is 0 Å². The lowest BCUT2D eigenvalue weighted by atomic mass is 9.77. The van der Waals surface area contributed by atoms with Crippen molar-refractivity contribution in [2.75, 3.05) is 0 Å². The first kappa shape index (κ1) is 12.0. The topological polar surface area (TPSA) is 0 Å². The summed E-state index contributed by atoms with van der Waals surface area (Å²) in [5.41, 5.74) is 0.540. The molecule has 0 bridgehead atoms. The first-order valence-electron chi connectivity index (χ1n) is 9.31. The average molecular weight is 309 g/mol. The Morgan fingerprint density at radius 1 is 1.14 bits per heavy atom.